The van der Waals surface area contributed by atoms with Gasteiger partial charge in [-0.2, -0.15) is 12.6 Å². The van der Waals surface area contributed by atoms with Gasteiger partial charge in [0.1, 0.15) is 12.1 Å². The fourth-order valence-electron chi connectivity index (χ4n) is 10.7. The topological polar surface area (TPSA) is 656 Å². The number of amides is 10. The van der Waals surface area contributed by atoms with Crippen LogP contribution >= 0.6 is 24.4 Å². The number of carbonyl (C=O) groups excluding carboxylic acids is 11. The lowest BCUT2D eigenvalue weighted by atomic mass is 10.1. The summed E-state index contributed by atoms with van der Waals surface area (Å²) in [6.45, 7) is 1.86. The zero-order valence-corrected chi connectivity index (χ0v) is 62.5. The normalized spacial score (nSPS) is 18.1. The highest BCUT2D eigenvalue weighted by Crippen LogP contribution is 2.26. The molecule has 50 heteroatoms. The molecule has 0 aromatic carbocycles. The Hall–Kier alpha value is -10.5. The molecule has 4 aliphatic heterocycles. The number of ether oxygens (including phenoxy) is 3. The molecule has 10 amide bonds. The molecule has 3 saturated heterocycles. The average Bonchev–Trinajstić information content (AvgIpc) is 1.70. The maximum Gasteiger partial charge on any atom is 0.326 e. The molecule has 5 atom stereocenters. The minimum atomic E-state index is -1.44. The Bertz CT molecular complexity index is 3170. The SMILES string of the molecule is O=C(O)CN1CCN(CC(=O)O)CCN(CC(=O)NCCN2C(=O)C=CC2=O)CCN(CC(=O)O)CC1.O=COCC[C@H](NC(=O)N[C@@H](CSC1CC(=O)N(CCNC(=O)CN2CCN(CC(=O)O)CCN(CC(=O)O)CCN(CC(=O)O)CC2)C1=O)OC=O)C(=O)O.O=CO[C@H](CS)NC(=O)N[C@@H](CCC(=O)O)C(=O)O. The third kappa shape index (κ3) is 43.2. The second-order valence-electron chi connectivity index (χ2n) is 24.7. The maximum absolute atomic E-state index is 13.0. The van der Waals surface area contributed by atoms with E-state index in [0.29, 0.717) is 26.2 Å². The summed E-state index contributed by atoms with van der Waals surface area (Å²) < 4.78 is 13.7. The van der Waals surface area contributed by atoms with Crippen molar-refractivity contribution >= 4 is 145 Å². The van der Waals surface area contributed by atoms with Gasteiger partial charge in [0.25, 0.3) is 31.2 Å². The lowest BCUT2D eigenvalue weighted by molar-refractivity contribution is -0.142. The number of aliphatic carboxylic acids is 9. The van der Waals surface area contributed by atoms with Gasteiger partial charge in [0.05, 0.1) is 70.0 Å². The monoisotopic (exact) mass is 1640 g/mol. The number of urea groups is 2. The molecular formula is C62H96N16O32S2. The van der Waals surface area contributed by atoms with Crippen molar-refractivity contribution in [1.29, 1.82) is 0 Å². The first kappa shape index (κ1) is 97.6. The van der Waals surface area contributed by atoms with E-state index in [1.54, 1.807) is 39.2 Å². The van der Waals surface area contributed by atoms with Crippen LogP contribution in [-0.2, 0) is 101 Å². The Morgan fingerprint density at radius 2 is 0.759 bits per heavy atom. The molecule has 0 aromatic heterocycles. The number of imide groups is 2. The van der Waals surface area contributed by atoms with Crippen molar-refractivity contribution in [2.75, 3.05) is 201 Å². The van der Waals surface area contributed by atoms with Crippen molar-refractivity contribution in [2.45, 2.75) is 55.5 Å². The van der Waals surface area contributed by atoms with Crippen LogP contribution in [0, 0.1) is 0 Å². The van der Waals surface area contributed by atoms with Gasteiger partial charge in [-0.25, -0.2) is 19.2 Å². The molecule has 0 radical (unpaired) electrons. The van der Waals surface area contributed by atoms with Gasteiger partial charge < -0.3 is 92.1 Å². The highest BCUT2D eigenvalue weighted by Gasteiger charge is 2.39. The van der Waals surface area contributed by atoms with Gasteiger partial charge in [-0.1, -0.05) is 0 Å². The number of nitrogens with zero attached hydrogens (tertiary/aromatic N) is 10. The van der Waals surface area contributed by atoms with Crippen LogP contribution in [0.15, 0.2) is 12.2 Å². The fourth-order valence-corrected chi connectivity index (χ4v) is 11.9. The van der Waals surface area contributed by atoms with Crippen molar-refractivity contribution in [3.05, 3.63) is 12.2 Å². The first-order valence-corrected chi connectivity index (χ1v) is 36.0. The zero-order chi connectivity index (χ0) is 83.8. The molecule has 0 spiro atoms. The van der Waals surface area contributed by atoms with E-state index < -0.39 is 132 Å². The minimum absolute atomic E-state index is 0.000968. The standard InChI is InChI=1S/C31H48N8O16S.C22H34N6O9.C9H14N2O7S/c40-19-54-12-1-21(30(51)52)33-31(53)34-24(55-20-41)18-56-22-13-25(43)39(29(22)50)3-2-32-23(42)14-35-4-6-36(15-26(44)45)8-10-38(17-28(48)49)11-9-37(7-5-35)16-27(46)47;29-17(23-3-4-28-18(30)1-2-19(28)31)13-24-5-7-25(14-20(32)33)9-11-27(16-22(36)37)12-10-26(8-6-24)15-21(34)35;12-4-18-6(3-19)11-9(17)10-5(8(15)16)1-2-7(13)14/h19-22,24H,1-18H2,(H,32,42)(H,44,45)(H,46,47)(H,48,49)(H,51,52)(H2,33,34,53);1-2H,3-16H2,(H,23,29)(H,32,33)(H,34,35)(H,36,37);4-6,19H,1-3H2,(H,13,14)(H,15,16)(H2,10,11,17)/t21-,22?,24+;;5-,6+/m0.0/s1. The van der Waals surface area contributed by atoms with E-state index in [1.807, 2.05) is 0 Å². The summed E-state index contributed by atoms with van der Waals surface area (Å²) in [5.41, 5.74) is 0. The summed E-state index contributed by atoms with van der Waals surface area (Å²) >= 11 is 4.70. The number of carbonyl (C=O) groups is 20. The van der Waals surface area contributed by atoms with Crippen LogP contribution in [0.1, 0.15) is 25.7 Å². The quantitative estimate of drug-likeness (QED) is 0.00673. The van der Waals surface area contributed by atoms with Gasteiger partial charge in [0, 0.05) is 168 Å². The molecule has 1 unspecified atom stereocenters. The van der Waals surface area contributed by atoms with Crippen molar-refractivity contribution in [2.24, 2.45) is 0 Å². The van der Waals surface area contributed by atoms with Crippen LogP contribution < -0.4 is 31.9 Å². The molecule has 3 fully saturated rings. The Balaban J connectivity index is 0.000000647. The molecule has 0 aliphatic carbocycles. The van der Waals surface area contributed by atoms with E-state index in [0.717, 1.165) is 33.7 Å². The van der Waals surface area contributed by atoms with Crippen LogP contribution in [0.5, 0.6) is 0 Å². The second-order valence-corrected chi connectivity index (χ2v) is 26.3. The Kier molecular flexibility index (Phi) is 47.2. The van der Waals surface area contributed by atoms with Gasteiger partial charge >= 0.3 is 65.8 Å². The van der Waals surface area contributed by atoms with Crippen LogP contribution in [0.2, 0.25) is 0 Å². The number of thioether (sulfide) groups is 1. The fraction of sp³-hybridized carbons (Fsp3) is 0.645. The van der Waals surface area contributed by atoms with Gasteiger partial charge in [-0.15, -0.1) is 11.8 Å². The van der Waals surface area contributed by atoms with Crippen molar-refractivity contribution in [3.63, 3.8) is 0 Å². The number of thiol groups is 1. The lowest BCUT2D eigenvalue weighted by Gasteiger charge is -2.32. The van der Waals surface area contributed by atoms with E-state index in [9.17, 15) is 132 Å². The summed E-state index contributed by atoms with van der Waals surface area (Å²) in [4.78, 5) is 246. The summed E-state index contributed by atoms with van der Waals surface area (Å²) in [6, 6.07) is -4.73. The molecule has 628 valence electrons. The number of carboxylic acids is 9. The predicted octanol–water partition coefficient (Wildman–Crippen LogP) is -9.21. The third-order valence-corrected chi connectivity index (χ3v) is 17.8. The Labute approximate surface area is 648 Å². The maximum atomic E-state index is 13.0. The Morgan fingerprint density at radius 1 is 0.438 bits per heavy atom. The zero-order valence-electron chi connectivity index (χ0n) is 60.8. The van der Waals surface area contributed by atoms with Crippen molar-refractivity contribution < 1.29 is 156 Å². The molecule has 112 heavy (non-hydrogen) atoms. The predicted molar refractivity (Wildman–Crippen MR) is 382 cm³/mol. The van der Waals surface area contributed by atoms with E-state index in [-0.39, 0.29) is 220 Å². The number of hydrogen-bond acceptors (Lipinski definition) is 33. The second kappa shape index (κ2) is 54.2. The summed E-state index contributed by atoms with van der Waals surface area (Å²) in [5.74, 6) is -13.4. The molecular weight excluding hydrogens is 1540 g/mol. The summed E-state index contributed by atoms with van der Waals surface area (Å²) in [6.07, 6.45) is -1.15. The molecule has 0 bridgehead atoms. The summed E-state index contributed by atoms with van der Waals surface area (Å²) in [7, 11) is 0. The molecule has 15 N–H and O–H groups in total. The van der Waals surface area contributed by atoms with E-state index in [2.05, 4.69) is 54.0 Å². The van der Waals surface area contributed by atoms with Crippen LogP contribution in [0.4, 0.5) is 9.59 Å². The van der Waals surface area contributed by atoms with Gasteiger partial charge in [-0.05, 0) is 6.42 Å². The highest BCUT2D eigenvalue weighted by molar-refractivity contribution is 8.00. The molecule has 0 aromatic rings. The van der Waals surface area contributed by atoms with Gasteiger partial charge in [-0.3, -0.25) is 126 Å². The van der Waals surface area contributed by atoms with Gasteiger partial charge in [0.2, 0.25) is 23.6 Å². The number of nitrogens with one attached hydrogen (secondary N) is 6. The number of rotatable bonds is 43. The highest BCUT2D eigenvalue weighted by atomic mass is 32.2. The van der Waals surface area contributed by atoms with Crippen molar-refractivity contribution in [3.8, 4) is 0 Å². The van der Waals surface area contributed by atoms with E-state index in [1.165, 1.54) is 0 Å². The molecule has 48 nitrogen and oxygen atoms in total. The van der Waals surface area contributed by atoms with Crippen molar-refractivity contribution in [1.82, 2.24) is 80.9 Å². The molecule has 0 saturated carbocycles. The van der Waals surface area contributed by atoms with E-state index in [4.69, 9.17) is 14.9 Å². The lowest BCUT2D eigenvalue weighted by Crippen LogP contribution is -2.50. The molecule has 4 heterocycles. The molecule has 4 aliphatic rings. The largest absolute Gasteiger partial charge is 0.481 e. The first-order valence-electron chi connectivity index (χ1n) is 34.3. The van der Waals surface area contributed by atoms with Crippen LogP contribution in [-0.4, -0.2) is 447 Å². The number of likely N-dealkylation sites (tertiary alicyclic amines) is 1. The smallest absolute Gasteiger partial charge is 0.326 e. The van der Waals surface area contributed by atoms with Gasteiger partial charge in [0.15, 0.2) is 12.5 Å². The summed E-state index contributed by atoms with van der Waals surface area (Å²) in [5, 5.41) is 95.3. The minimum Gasteiger partial charge on any atom is -0.481 e. The van der Waals surface area contributed by atoms with Crippen LogP contribution in [0.3, 0.4) is 0 Å². The van der Waals surface area contributed by atoms with Crippen LogP contribution in [0.25, 0.3) is 0 Å². The Morgan fingerprint density at radius 3 is 1.07 bits per heavy atom. The number of hydrogen-bond donors (Lipinski definition) is 16. The van der Waals surface area contributed by atoms with E-state index >= 15 is 0 Å². The number of carboxylic acid groups (broad SMARTS) is 9. The first-order chi connectivity index (χ1) is 53.0. The molecule has 4 rings (SSSR count). The third-order valence-electron chi connectivity index (χ3n) is 16.3. The average molecular weight is 1640 g/mol.